The zero-order chi connectivity index (χ0) is 19.1. The predicted molar refractivity (Wildman–Crippen MR) is 107 cm³/mol. The standard InChI is InChI=1S/C21H22N4O2/c1-27-12-11-25(20(26)10-9-16-13-23-21(22)24-14-16)15-18-7-4-6-17-5-2-3-8-19(17)18/h2-10,13-14H,11-12,15H2,1H3,(H2,22,23,24). The van der Waals surface area contributed by atoms with Crippen LogP contribution >= 0.6 is 0 Å². The van der Waals surface area contributed by atoms with Gasteiger partial charge in [-0.05, 0) is 22.4 Å². The molecule has 1 amide bonds. The number of aromatic nitrogens is 2. The van der Waals surface area contributed by atoms with Gasteiger partial charge >= 0.3 is 0 Å². The Balaban J connectivity index is 1.80. The van der Waals surface area contributed by atoms with E-state index in [1.54, 1.807) is 30.5 Å². The molecule has 0 unspecified atom stereocenters. The summed E-state index contributed by atoms with van der Waals surface area (Å²) in [6, 6.07) is 14.3. The molecule has 1 aromatic heterocycles. The van der Waals surface area contributed by atoms with Gasteiger partial charge in [-0.15, -0.1) is 0 Å². The molecule has 0 fully saturated rings. The van der Waals surface area contributed by atoms with Crippen molar-refractivity contribution in [1.29, 1.82) is 0 Å². The Morgan fingerprint density at radius 2 is 1.89 bits per heavy atom. The van der Waals surface area contributed by atoms with Crippen molar-refractivity contribution >= 4 is 28.7 Å². The predicted octanol–water partition coefficient (Wildman–Crippen LogP) is 2.90. The van der Waals surface area contributed by atoms with E-state index in [9.17, 15) is 4.79 Å². The van der Waals surface area contributed by atoms with Crippen LogP contribution in [0.3, 0.4) is 0 Å². The number of anilines is 1. The Labute approximate surface area is 158 Å². The highest BCUT2D eigenvalue weighted by atomic mass is 16.5. The van der Waals surface area contributed by atoms with Crippen molar-refractivity contribution < 1.29 is 9.53 Å². The largest absolute Gasteiger partial charge is 0.383 e. The molecule has 3 rings (SSSR count). The summed E-state index contributed by atoms with van der Waals surface area (Å²) in [6.07, 6.45) is 6.37. The fraction of sp³-hybridized carbons (Fsp3) is 0.190. The van der Waals surface area contributed by atoms with E-state index in [0.717, 1.165) is 21.9 Å². The van der Waals surface area contributed by atoms with Crippen LogP contribution in [0.4, 0.5) is 5.95 Å². The summed E-state index contributed by atoms with van der Waals surface area (Å²) in [4.78, 5) is 22.4. The number of hydrogen-bond donors (Lipinski definition) is 1. The molecule has 0 bridgehead atoms. The fourth-order valence-corrected chi connectivity index (χ4v) is 2.81. The van der Waals surface area contributed by atoms with Gasteiger partial charge in [0.25, 0.3) is 0 Å². The minimum Gasteiger partial charge on any atom is -0.383 e. The highest BCUT2D eigenvalue weighted by Gasteiger charge is 2.13. The second-order valence-corrected chi connectivity index (χ2v) is 6.10. The minimum atomic E-state index is -0.100. The Morgan fingerprint density at radius 3 is 2.67 bits per heavy atom. The van der Waals surface area contributed by atoms with Crippen molar-refractivity contribution in [2.45, 2.75) is 6.54 Å². The van der Waals surface area contributed by atoms with Gasteiger partial charge in [0.05, 0.1) is 6.61 Å². The molecule has 0 atom stereocenters. The second-order valence-electron chi connectivity index (χ2n) is 6.10. The van der Waals surface area contributed by atoms with Gasteiger partial charge in [0.1, 0.15) is 0 Å². The van der Waals surface area contributed by atoms with E-state index < -0.39 is 0 Å². The number of methoxy groups -OCH3 is 1. The molecule has 6 heteroatoms. The number of ether oxygens (including phenoxy) is 1. The number of carbonyl (C=O) groups excluding carboxylic acids is 1. The monoisotopic (exact) mass is 362 g/mol. The first-order valence-corrected chi connectivity index (χ1v) is 8.67. The molecular formula is C21H22N4O2. The van der Waals surface area contributed by atoms with Crippen LogP contribution in [0.5, 0.6) is 0 Å². The van der Waals surface area contributed by atoms with Gasteiger partial charge in [0.15, 0.2) is 0 Å². The van der Waals surface area contributed by atoms with Crippen LogP contribution in [0.25, 0.3) is 16.8 Å². The number of amides is 1. The lowest BCUT2D eigenvalue weighted by Gasteiger charge is -2.22. The Kier molecular flexibility index (Phi) is 6.12. The molecule has 0 saturated carbocycles. The molecular weight excluding hydrogens is 340 g/mol. The Morgan fingerprint density at radius 1 is 1.15 bits per heavy atom. The molecule has 0 aliphatic rings. The molecule has 0 aliphatic carbocycles. The van der Waals surface area contributed by atoms with Gasteiger partial charge in [0, 0.05) is 44.2 Å². The first-order chi connectivity index (χ1) is 13.2. The molecule has 27 heavy (non-hydrogen) atoms. The van der Waals surface area contributed by atoms with Crippen LogP contribution in [0.15, 0.2) is 60.9 Å². The van der Waals surface area contributed by atoms with Crippen LogP contribution < -0.4 is 5.73 Å². The van der Waals surface area contributed by atoms with E-state index in [2.05, 4.69) is 28.2 Å². The van der Waals surface area contributed by atoms with Gasteiger partial charge in [-0.2, -0.15) is 0 Å². The Hall–Kier alpha value is -3.25. The molecule has 2 aromatic carbocycles. The number of nitrogens with two attached hydrogens (primary N) is 1. The third-order valence-corrected chi connectivity index (χ3v) is 4.23. The average Bonchev–Trinajstić information content (AvgIpc) is 2.70. The molecule has 0 radical (unpaired) electrons. The summed E-state index contributed by atoms with van der Waals surface area (Å²) in [5.41, 5.74) is 7.30. The number of benzene rings is 2. The summed E-state index contributed by atoms with van der Waals surface area (Å²) in [6.45, 7) is 1.47. The van der Waals surface area contributed by atoms with Crippen molar-refractivity contribution in [2.24, 2.45) is 0 Å². The van der Waals surface area contributed by atoms with Gasteiger partial charge in [0.2, 0.25) is 11.9 Å². The zero-order valence-electron chi connectivity index (χ0n) is 15.2. The minimum absolute atomic E-state index is 0.100. The smallest absolute Gasteiger partial charge is 0.246 e. The van der Waals surface area contributed by atoms with Crippen LogP contribution in [0.2, 0.25) is 0 Å². The van der Waals surface area contributed by atoms with Crippen LogP contribution in [-0.2, 0) is 16.1 Å². The third-order valence-electron chi connectivity index (χ3n) is 4.23. The highest BCUT2D eigenvalue weighted by molar-refractivity contribution is 5.92. The number of rotatable bonds is 7. The first-order valence-electron chi connectivity index (χ1n) is 8.67. The van der Waals surface area contributed by atoms with E-state index in [0.29, 0.717) is 19.7 Å². The SMILES string of the molecule is COCCN(Cc1cccc2ccccc12)C(=O)C=Cc1cnc(N)nc1. The second kappa shape index (κ2) is 8.91. The van der Waals surface area contributed by atoms with Crippen molar-refractivity contribution in [3.63, 3.8) is 0 Å². The molecule has 0 saturated heterocycles. The molecule has 0 aliphatic heterocycles. The number of carbonyl (C=O) groups is 1. The quantitative estimate of drug-likeness (QED) is 0.654. The van der Waals surface area contributed by atoms with E-state index in [-0.39, 0.29) is 11.9 Å². The maximum atomic E-state index is 12.7. The summed E-state index contributed by atoms with van der Waals surface area (Å²) < 4.78 is 5.17. The highest BCUT2D eigenvalue weighted by Crippen LogP contribution is 2.20. The fourth-order valence-electron chi connectivity index (χ4n) is 2.81. The van der Waals surface area contributed by atoms with Gasteiger partial charge in [-0.1, -0.05) is 42.5 Å². The maximum absolute atomic E-state index is 12.7. The molecule has 6 nitrogen and oxygen atoms in total. The zero-order valence-corrected chi connectivity index (χ0v) is 15.2. The molecule has 2 N–H and O–H groups in total. The van der Waals surface area contributed by atoms with Crippen LogP contribution in [-0.4, -0.2) is 41.0 Å². The number of fused-ring (bicyclic) bond motifs is 1. The van der Waals surface area contributed by atoms with E-state index >= 15 is 0 Å². The first kappa shape index (κ1) is 18.5. The van der Waals surface area contributed by atoms with Crippen molar-refractivity contribution in [1.82, 2.24) is 14.9 Å². The van der Waals surface area contributed by atoms with E-state index in [4.69, 9.17) is 10.5 Å². The average molecular weight is 362 g/mol. The van der Waals surface area contributed by atoms with Crippen LogP contribution in [0, 0.1) is 0 Å². The van der Waals surface area contributed by atoms with E-state index in [1.165, 1.54) is 6.08 Å². The molecule has 0 spiro atoms. The number of nitrogen functional groups attached to an aromatic ring is 1. The van der Waals surface area contributed by atoms with Gasteiger partial charge in [-0.3, -0.25) is 4.79 Å². The molecule has 138 valence electrons. The van der Waals surface area contributed by atoms with Crippen molar-refractivity contribution in [2.75, 3.05) is 26.0 Å². The lowest BCUT2D eigenvalue weighted by molar-refractivity contribution is -0.127. The summed E-state index contributed by atoms with van der Waals surface area (Å²) in [5, 5.41) is 2.30. The normalized spacial score (nSPS) is 11.1. The Bertz CT molecular complexity index is 933. The molecule has 3 aromatic rings. The third kappa shape index (κ3) is 4.89. The van der Waals surface area contributed by atoms with E-state index in [1.807, 2.05) is 24.3 Å². The summed E-state index contributed by atoms with van der Waals surface area (Å²) in [5.74, 6) is 0.105. The van der Waals surface area contributed by atoms with Crippen molar-refractivity contribution in [3.8, 4) is 0 Å². The lowest BCUT2D eigenvalue weighted by Crippen LogP contribution is -2.32. The van der Waals surface area contributed by atoms with Crippen molar-refractivity contribution in [3.05, 3.63) is 72.1 Å². The van der Waals surface area contributed by atoms with Crippen LogP contribution in [0.1, 0.15) is 11.1 Å². The number of nitrogens with zero attached hydrogens (tertiary/aromatic N) is 3. The maximum Gasteiger partial charge on any atom is 0.246 e. The van der Waals surface area contributed by atoms with Gasteiger partial charge < -0.3 is 15.4 Å². The topological polar surface area (TPSA) is 81.3 Å². The summed E-state index contributed by atoms with van der Waals surface area (Å²) >= 11 is 0. The number of hydrogen-bond acceptors (Lipinski definition) is 5. The van der Waals surface area contributed by atoms with Gasteiger partial charge in [-0.25, -0.2) is 9.97 Å². The lowest BCUT2D eigenvalue weighted by atomic mass is 10.0. The molecule has 1 heterocycles. The summed E-state index contributed by atoms with van der Waals surface area (Å²) in [7, 11) is 1.63.